The smallest absolute Gasteiger partial charge is 0.227 e. The van der Waals surface area contributed by atoms with Gasteiger partial charge in [0.05, 0.1) is 13.5 Å². The van der Waals surface area contributed by atoms with Crippen LogP contribution in [0.2, 0.25) is 5.02 Å². The van der Waals surface area contributed by atoms with Crippen LogP contribution in [0.3, 0.4) is 0 Å². The van der Waals surface area contributed by atoms with Crippen LogP contribution in [-0.2, 0) is 16.0 Å². The minimum atomic E-state index is 0.0242. The first-order valence-corrected chi connectivity index (χ1v) is 6.81. The zero-order chi connectivity index (χ0) is 14.5. The normalized spacial score (nSPS) is 15.1. The summed E-state index contributed by atoms with van der Waals surface area (Å²) in [6.07, 6.45) is 1.08. The highest BCUT2D eigenvalue weighted by molar-refractivity contribution is 6.30. The first kappa shape index (κ1) is 14.7. The van der Waals surface area contributed by atoms with Gasteiger partial charge in [-0.15, -0.1) is 0 Å². The summed E-state index contributed by atoms with van der Waals surface area (Å²) in [7, 11) is 1.57. The Balaban J connectivity index is 2.01. The molecule has 1 saturated heterocycles. The molecule has 0 aliphatic carbocycles. The zero-order valence-corrected chi connectivity index (χ0v) is 12.1. The average Bonchev–Trinajstić information content (AvgIpc) is 2.47. The monoisotopic (exact) mass is 296 g/mol. The molecule has 0 bridgehead atoms. The second-order valence-corrected chi connectivity index (χ2v) is 5.09. The Morgan fingerprint density at radius 2 is 2.05 bits per heavy atom. The average molecular weight is 297 g/mol. The number of nitrogens with zero attached hydrogens (tertiary/aromatic N) is 2. The number of hydrogen-bond acceptors (Lipinski definition) is 3. The van der Waals surface area contributed by atoms with Gasteiger partial charge in [0.2, 0.25) is 12.3 Å². The Morgan fingerprint density at radius 1 is 1.35 bits per heavy atom. The van der Waals surface area contributed by atoms with Crippen molar-refractivity contribution >= 4 is 23.9 Å². The largest absolute Gasteiger partial charge is 0.496 e. The van der Waals surface area contributed by atoms with Gasteiger partial charge in [-0.1, -0.05) is 11.6 Å². The van der Waals surface area contributed by atoms with E-state index in [9.17, 15) is 9.59 Å². The van der Waals surface area contributed by atoms with E-state index in [2.05, 4.69) is 0 Å². The Labute approximate surface area is 123 Å². The molecule has 6 heteroatoms. The summed E-state index contributed by atoms with van der Waals surface area (Å²) in [6, 6.07) is 5.24. The first-order valence-electron chi connectivity index (χ1n) is 6.43. The van der Waals surface area contributed by atoms with Crippen LogP contribution >= 0.6 is 11.6 Å². The van der Waals surface area contributed by atoms with Gasteiger partial charge < -0.3 is 14.5 Å². The fourth-order valence-corrected chi connectivity index (χ4v) is 2.43. The third kappa shape index (κ3) is 3.42. The highest BCUT2D eigenvalue weighted by Crippen LogP contribution is 2.23. The third-order valence-corrected chi connectivity index (χ3v) is 3.64. The second-order valence-electron chi connectivity index (χ2n) is 4.66. The molecule has 0 unspecified atom stereocenters. The second kappa shape index (κ2) is 6.61. The molecule has 108 valence electrons. The first-order chi connectivity index (χ1) is 9.63. The van der Waals surface area contributed by atoms with Crippen molar-refractivity contribution in [1.29, 1.82) is 0 Å². The molecule has 0 N–H and O–H groups in total. The van der Waals surface area contributed by atoms with E-state index in [-0.39, 0.29) is 12.3 Å². The molecule has 2 rings (SSSR count). The maximum Gasteiger partial charge on any atom is 0.227 e. The van der Waals surface area contributed by atoms with Gasteiger partial charge in [-0.2, -0.15) is 0 Å². The van der Waals surface area contributed by atoms with Gasteiger partial charge in [-0.05, 0) is 18.2 Å². The van der Waals surface area contributed by atoms with E-state index in [1.807, 2.05) is 0 Å². The van der Waals surface area contributed by atoms with Gasteiger partial charge in [0.15, 0.2) is 0 Å². The van der Waals surface area contributed by atoms with Gasteiger partial charge in [0, 0.05) is 36.8 Å². The highest BCUT2D eigenvalue weighted by atomic mass is 35.5. The van der Waals surface area contributed by atoms with Crippen molar-refractivity contribution in [2.75, 3.05) is 33.3 Å². The lowest BCUT2D eigenvalue weighted by atomic mass is 10.1. The summed E-state index contributed by atoms with van der Waals surface area (Å²) in [4.78, 5) is 26.3. The summed E-state index contributed by atoms with van der Waals surface area (Å²) in [5, 5.41) is 0.583. The number of carbonyl (C=O) groups excluding carboxylic acids is 2. The predicted molar refractivity (Wildman–Crippen MR) is 75.9 cm³/mol. The summed E-state index contributed by atoms with van der Waals surface area (Å²) < 4.78 is 5.24. The van der Waals surface area contributed by atoms with Gasteiger partial charge in [-0.3, -0.25) is 9.59 Å². The van der Waals surface area contributed by atoms with Gasteiger partial charge in [0.25, 0.3) is 0 Å². The molecule has 0 radical (unpaired) electrons. The van der Waals surface area contributed by atoms with Crippen molar-refractivity contribution in [3.63, 3.8) is 0 Å². The Morgan fingerprint density at radius 3 is 2.65 bits per heavy atom. The quantitative estimate of drug-likeness (QED) is 0.784. The van der Waals surface area contributed by atoms with Crippen LogP contribution in [-0.4, -0.2) is 55.4 Å². The number of methoxy groups -OCH3 is 1. The van der Waals surface area contributed by atoms with E-state index >= 15 is 0 Å². The molecule has 1 fully saturated rings. The molecular formula is C14H17ClN2O3. The van der Waals surface area contributed by atoms with Crippen molar-refractivity contribution in [3.8, 4) is 5.75 Å². The molecule has 0 atom stereocenters. The topological polar surface area (TPSA) is 49.9 Å². The number of amides is 2. The van der Waals surface area contributed by atoms with Crippen LogP contribution < -0.4 is 4.74 Å². The maximum absolute atomic E-state index is 12.3. The molecule has 1 aromatic rings. The van der Waals surface area contributed by atoms with E-state index < -0.39 is 0 Å². The molecule has 1 aliphatic heterocycles. The number of ether oxygens (including phenoxy) is 1. The molecule has 0 aromatic heterocycles. The molecule has 5 nitrogen and oxygen atoms in total. The van der Waals surface area contributed by atoms with Crippen molar-refractivity contribution in [3.05, 3.63) is 28.8 Å². The van der Waals surface area contributed by atoms with E-state index in [4.69, 9.17) is 16.3 Å². The molecular weight excluding hydrogens is 280 g/mol. The van der Waals surface area contributed by atoms with Crippen LogP contribution in [0.5, 0.6) is 5.75 Å². The highest BCUT2D eigenvalue weighted by Gasteiger charge is 2.21. The third-order valence-electron chi connectivity index (χ3n) is 3.40. The Hall–Kier alpha value is -1.75. The van der Waals surface area contributed by atoms with E-state index in [0.29, 0.717) is 37.0 Å². The number of halogens is 1. The van der Waals surface area contributed by atoms with Gasteiger partial charge >= 0.3 is 0 Å². The Bertz CT molecular complexity index is 499. The van der Waals surface area contributed by atoms with Crippen molar-refractivity contribution < 1.29 is 14.3 Å². The lowest BCUT2D eigenvalue weighted by Crippen LogP contribution is -2.48. The number of rotatable bonds is 4. The van der Waals surface area contributed by atoms with Crippen LogP contribution in [0.4, 0.5) is 0 Å². The molecule has 0 spiro atoms. The fraction of sp³-hybridized carbons (Fsp3) is 0.429. The summed E-state index contributed by atoms with van der Waals surface area (Å²) in [5.41, 5.74) is 0.780. The molecule has 20 heavy (non-hydrogen) atoms. The van der Waals surface area contributed by atoms with Crippen LogP contribution in [0.15, 0.2) is 18.2 Å². The fourth-order valence-electron chi connectivity index (χ4n) is 2.24. The summed E-state index contributed by atoms with van der Waals surface area (Å²) >= 11 is 5.95. The molecule has 2 amide bonds. The molecule has 0 saturated carbocycles. The van der Waals surface area contributed by atoms with Crippen LogP contribution in [0.25, 0.3) is 0 Å². The zero-order valence-electron chi connectivity index (χ0n) is 11.3. The van der Waals surface area contributed by atoms with Crippen LogP contribution in [0.1, 0.15) is 5.56 Å². The van der Waals surface area contributed by atoms with E-state index in [1.54, 1.807) is 35.1 Å². The van der Waals surface area contributed by atoms with Crippen molar-refractivity contribution in [1.82, 2.24) is 9.80 Å². The predicted octanol–water partition coefficient (Wildman–Crippen LogP) is 1.19. The van der Waals surface area contributed by atoms with Gasteiger partial charge in [0.1, 0.15) is 5.75 Å². The van der Waals surface area contributed by atoms with Crippen molar-refractivity contribution in [2.45, 2.75) is 6.42 Å². The maximum atomic E-state index is 12.3. The minimum absolute atomic E-state index is 0.0242. The number of benzene rings is 1. The number of hydrogen-bond donors (Lipinski definition) is 0. The van der Waals surface area contributed by atoms with Gasteiger partial charge in [-0.25, -0.2) is 0 Å². The SMILES string of the molecule is COc1ccc(Cl)cc1CC(=O)N1CCN(C=O)CC1. The summed E-state index contributed by atoms with van der Waals surface area (Å²) in [6.45, 7) is 2.31. The number of piperazine rings is 1. The molecule has 1 aliphatic rings. The van der Waals surface area contributed by atoms with E-state index in [1.165, 1.54) is 0 Å². The molecule has 1 aromatic carbocycles. The standard InChI is InChI=1S/C14H17ClN2O3/c1-20-13-3-2-12(15)8-11(13)9-14(19)17-6-4-16(10-18)5-7-17/h2-3,8,10H,4-7,9H2,1H3. The Kier molecular flexibility index (Phi) is 4.84. The number of carbonyl (C=O) groups is 2. The van der Waals surface area contributed by atoms with E-state index in [0.717, 1.165) is 12.0 Å². The van der Waals surface area contributed by atoms with Crippen molar-refractivity contribution in [2.24, 2.45) is 0 Å². The lowest BCUT2D eigenvalue weighted by Gasteiger charge is -2.32. The lowest BCUT2D eigenvalue weighted by molar-refractivity contribution is -0.134. The summed E-state index contributed by atoms with van der Waals surface area (Å²) in [5.74, 6) is 0.686. The minimum Gasteiger partial charge on any atom is -0.496 e. The molecule has 1 heterocycles. The van der Waals surface area contributed by atoms with Crippen LogP contribution in [0, 0.1) is 0 Å².